The van der Waals surface area contributed by atoms with Gasteiger partial charge in [0.25, 0.3) is 0 Å². The molecule has 1 saturated carbocycles. The van der Waals surface area contributed by atoms with E-state index in [0.29, 0.717) is 10.6 Å². The number of hydrogen-bond donors (Lipinski definition) is 1. The zero-order chi connectivity index (χ0) is 9.97. The predicted octanol–water partition coefficient (Wildman–Crippen LogP) is 3.50. The molecule has 14 heavy (non-hydrogen) atoms. The summed E-state index contributed by atoms with van der Waals surface area (Å²) in [6, 6.07) is 7.56. The number of aryl methyl sites for hydroxylation is 1. The van der Waals surface area contributed by atoms with Crippen LogP contribution in [0.4, 0.5) is 0 Å². The van der Waals surface area contributed by atoms with Gasteiger partial charge in [0.2, 0.25) is 0 Å². The molecular formula is C12H15BrO. The van der Waals surface area contributed by atoms with Gasteiger partial charge in [-0.05, 0) is 49.3 Å². The summed E-state index contributed by atoms with van der Waals surface area (Å²) in [5.74, 6) is 1.28. The molecule has 1 aromatic carbocycles. The monoisotopic (exact) mass is 254 g/mol. The summed E-state index contributed by atoms with van der Waals surface area (Å²) >= 11 is 3.72. The molecule has 1 nitrogen and oxygen atoms in total. The Bertz CT molecular complexity index is 307. The Balaban J connectivity index is 1.84. The van der Waals surface area contributed by atoms with Crippen LogP contribution in [0, 0.1) is 5.92 Å². The van der Waals surface area contributed by atoms with Gasteiger partial charge in [-0.25, -0.2) is 0 Å². The second-order valence-electron chi connectivity index (χ2n) is 4.06. The molecule has 0 aliphatic heterocycles. The Labute approximate surface area is 93.3 Å². The molecule has 0 amide bonds. The highest BCUT2D eigenvalue weighted by atomic mass is 79.9. The van der Waals surface area contributed by atoms with E-state index in [0.717, 1.165) is 12.3 Å². The first-order valence-corrected chi connectivity index (χ1v) is 6.09. The second kappa shape index (κ2) is 4.35. The normalized spacial score (nSPS) is 18.1. The summed E-state index contributed by atoms with van der Waals surface area (Å²) in [6.45, 7) is 0. The number of phenolic OH excluding ortho intramolecular Hbond substituents is 1. The van der Waals surface area contributed by atoms with Crippen molar-refractivity contribution in [3.05, 3.63) is 29.8 Å². The fourth-order valence-corrected chi connectivity index (χ4v) is 2.47. The summed E-state index contributed by atoms with van der Waals surface area (Å²) in [5.41, 5.74) is 1.23. The minimum absolute atomic E-state index is 0.375. The molecule has 1 atom stereocenters. The summed E-state index contributed by atoms with van der Waals surface area (Å²) in [6.07, 6.45) is 5.00. The zero-order valence-corrected chi connectivity index (χ0v) is 9.70. The SMILES string of the molecule is Oc1cccc(CCC(Br)C2CC2)c1. The van der Waals surface area contributed by atoms with Crippen molar-refractivity contribution in [3.8, 4) is 5.75 Å². The first-order chi connectivity index (χ1) is 6.75. The second-order valence-corrected chi connectivity index (χ2v) is 5.24. The summed E-state index contributed by atoms with van der Waals surface area (Å²) < 4.78 is 0. The first-order valence-electron chi connectivity index (χ1n) is 5.17. The van der Waals surface area contributed by atoms with Crippen LogP contribution in [0.3, 0.4) is 0 Å². The van der Waals surface area contributed by atoms with E-state index in [-0.39, 0.29) is 0 Å². The van der Waals surface area contributed by atoms with E-state index >= 15 is 0 Å². The number of hydrogen-bond acceptors (Lipinski definition) is 1. The molecule has 1 N–H and O–H groups in total. The van der Waals surface area contributed by atoms with Crippen LogP contribution in [0.5, 0.6) is 5.75 Å². The Hall–Kier alpha value is -0.500. The van der Waals surface area contributed by atoms with Crippen LogP contribution in [0.2, 0.25) is 0 Å². The third kappa shape index (κ3) is 2.74. The third-order valence-corrected chi connectivity index (χ3v) is 3.96. The number of alkyl halides is 1. The number of aromatic hydroxyl groups is 1. The van der Waals surface area contributed by atoms with E-state index in [1.165, 1.54) is 24.8 Å². The molecule has 0 bridgehead atoms. The van der Waals surface area contributed by atoms with E-state index in [1.54, 1.807) is 6.07 Å². The number of phenols is 1. The Morgan fingerprint density at radius 3 is 2.86 bits per heavy atom. The van der Waals surface area contributed by atoms with Crippen LogP contribution in [-0.4, -0.2) is 9.93 Å². The maximum absolute atomic E-state index is 9.29. The lowest BCUT2D eigenvalue weighted by Crippen LogP contribution is -2.02. The molecule has 76 valence electrons. The van der Waals surface area contributed by atoms with E-state index in [2.05, 4.69) is 22.0 Å². The van der Waals surface area contributed by atoms with Crippen molar-refractivity contribution < 1.29 is 5.11 Å². The van der Waals surface area contributed by atoms with Crippen LogP contribution in [0.15, 0.2) is 24.3 Å². The molecule has 0 aromatic heterocycles. The largest absolute Gasteiger partial charge is 0.508 e. The topological polar surface area (TPSA) is 20.2 Å². The van der Waals surface area contributed by atoms with Crippen LogP contribution >= 0.6 is 15.9 Å². The summed E-state index contributed by atoms with van der Waals surface area (Å²) in [5, 5.41) is 9.29. The van der Waals surface area contributed by atoms with E-state index in [1.807, 2.05) is 12.1 Å². The molecule has 0 radical (unpaired) electrons. The van der Waals surface area contributed by atoms with Crippen molar-refractivity contribution in [1.82, 2.24) is 0 Å². The van der Waals surface area contributed by atoms with Gasteiger partial charge in [-0.1, -0.05) is 28.1 Å². The molecule has 0 spiro atoms. The molecular weight excluding hydrogens is 240 g/mol. The maximum atomic E-state index is 9.29. The highest BCUT2D eigenvalue weighted by Gasteiger charge is 2.28. The predicted molar refractivity (Wildman–Crippen MR) is 61.9 cm³/mol. The molecule has 2 heteroatoms. The summed E-state index contributed by atoms with van der Waals surface area (Å²) in [4.78, 5) is 0.671. The minimum atomic E-state index is 0.375. The van der Waals surface area contributed by atoms with Gasteiger partial charge in [-0.2, -0.15) is 0 Å². The van der Waals surface area contributed by atoms with Gasteiger partial charge in [0.1, 0.15) is 5.75 Å². The van der Waals surface area contributed by atoms with E-state index in [9.17, 15) is 5.11 Å². The number of rotatable bonds is 4. The highest BCUT2D eigenvalue weighted by molar-refractivity contribution is 9.09. The smallest absolute Gasteiger partial charge is 0.115 e. The van der Waals surface area contributed by atoms with Crippen molar-refractivity contribution in [1.29, 1.82) is 0 Å². The van der Waals surface area contributed by atoms with Crippen LogP contribution in [0.25, 0.3) is 0 Å². The van der Waals surface area contributed by atoms with Crippen molar-refractivity contribution in [2.45, 2.75) is 30.5 Å². The van der Waals surface area contributed by atoms with Gasteiger partial charge in [-0.3, -0.25) is 0 Å². The van der Waals surface area contributed by atoms with Gasteiger partial charge in [0, 0.05) is 4.83 Å². The van der Waals surface area contributed by atoms with Gasteiger partial charge >= 0.3 is 0 Å². The molecule has 2 rings (SSSR count). The van der Waals surface area contributed by atoms with Crippen LogP contribution in [0.1, 0.15) is 24.8 Å². The Morgan fingerprint density at radius 1 is 1.43 bits per heavy atom. The lowest BCUT2D eigenvalue weighted by atomic mass is 10.1. The van der Waals surface area contributed by atoms with Crippen molar-refractivity contribution in [2.75, 3.05) is 0 Å². The molecule has 0 saturated heterocycles. The van der Waals surface area contributed by atoms with Crippen molar-refractivity contribution in [3.63, 3.8) is 0 Å². The average Bonchev–Trinajstić information content (AvgIpc) is 2.97. The lowest BCUT2D eigenvalue weighted by Gasteiger charge is -2.07. The molecule has 0 heterocycles. The first kappa shape index (κ1) is 10.0. The lowest BCUT2D eigenvalue weighted by molar-refractivity contribution is 0.474. The fraction of sp³-hybridized carbons (Fsp3) is 0.500. The van der Waals surface area contributed by atoms with Gasteiger partial charge < -0.3 is 5.11 Å². The fourth-order valence-electron chi connectivity index (χ4n) is 1.71. The zero-order valence-electron chi connectivity index (χ0n) is 8.12. The third-order valence-electron chi connectivity index (χ3n) is 2.75. The number of benzene rings is 1. The average molecular weight is 255 g/mol. The molecule has 1 unspecified atom stereocenters. The molecule has 1 aromatic rings. The maximum Gasteiger partial charge on any atom is 0.115 e. The Morgan fingerprint density at radius 2 is 2.21 bits per heavy atom. The standard InChI is InChI=1S/C12H15BrO/c13-12(10-5-6-10)7-4-9-2-1-3-11(14)8-9/h1-3,8,10,12,14H,4-7H2. The molecule has 1 aliphatic carbocycles. The van der Waals surface area contributed by atoms with Crippen LogP contribution in [-0.2, 0) is 6.42 Å². The quantitative estimate of drug-likeness (QED) is 0.816. The highest BCUT2D eigenvalue weighted by Crippen LogP contribution is 2.38. The van der Waals surface area contributed by atoms with E-state index in [4.69, 9.17) is 0 Å². The van der Waals surface area contributed by atoms with Gasteiger partial charge in [-0.15, -0.1) is 0 Å². The summed E-state index contributed by atoms with van der Waals surface area (Å²) in [7, 11) is 0. The molecule has 1 aliphatic rings. The van der Waals surface area contributed by atoms with Gasteiger partial charge in [0.15, 0.2) is 0 Å². The Kier molecular flexibility index (Phi) is 3.12. The number of halogens is 1. The van der Waals surface area contributed by atoms with Gasteiger partial charge in [0.05, 0.1) is 0 Å². The van der Waals surface area contributed by atoms with Crippen molar-refractivity contribution in [2.24, 2.45) is 5.92 Å². The van der Waals surface area contributed by atoms with Crippen LogP contribution < -0.4 is 0 Å². The van der Waals surface area contributed by atoms with E-state index < -0.39 is 0 Å². The minimum Gasteiger partial charge on any atom is -0.508 e. The molecule has 1 fully saturated rings. The van der Waals surface area contributed by atoms with Crippen molar-refractivity contribution >= 4 is 15.9 Å².